The number of anilines is 3. The molecule has 8 aromatic carbocycles. The summed E-state index contributed by atoms with van der Waals surface area (Å²) >= 11 is 0. The van der Waals surface area contributed by atoms with E-state index in [0.29, 0.717) is 0 Å². The zero-order valence-electron chi connectivity index (χ0n) is 30.7. The van der Waals surface area contributed by atoms with Crippen LogP contribution in [-0.2, 0) is 0 Å². The van der Waals surface area contributed by atoms with Gasteiger partial charge in [-0.25, -0.2) is 4.52 Å². The van der Waals surface area contributed by atoms with Crippen LogP contribution in [0.5, 0.6) is 0 Å². The second-order valence-electron chi connectivity index (χ2n) is 14.1. The minimum Gasteiger partial charge on any atom is -0.311 e. The van der Waals surface area contributed by atoms with Gasteiger partial charge in [0, 0.05) is 33.6 Å². The molecule has 0 spiro atoms. The van der Waals surface area contributed by atoms with E-state index in [-0.39, 0.29) is 0 Å². The Morgan fingerprint density at radius 3 is 1.25 bits per heavy atom. The van der Waals surface area contributed by atoms with Gasteiger partial charge in [0.25, 0.3) is 0 Å². The van der Waals surface area contributed by atoms with Gasteiger partial charge in [-0.3, -0.25) is 0 Å². The standard InChI is InChI=1S/C53H37N3/c1-5-14-38(15-6-1)40-24-30-45(31-25-40)55(46-32-26-41(27-33-46)39-16-7-2-8-17-39)47-34-28-42(29-35-47)48-22-13-23-49-50(48)36-52(44-20-11-4-12-21-44)56-53(49)37-51(54-56)43-18-9-3-10-19-43/h1-37H. The van der Waals surface area contributed by atoms with Gasteiger partial charge in [0.2, 0.25) is 0 Å². The molecular weight excluding hydrogens is 679 g/mol. The van der Waals surface area contributed by atoms with Crippen molar-refractivity contribution in [2.24, 2.45) is 0 Å². The highest BCUT2D eigenvalue weighted by Crippen LogP contribution is 2.40. The molecule has 0 unspecified atom stereocenters. The molecule has 10 aromatic rings. The molecule has 3 heteroatoms. The van der Waals surface area contributed by atoms with Crippen molar-refractivity contribution in [3.8, 4) is 55.9 Å². The molecule has 0 saturated heterocycles. The van der Waals surface area contributed by atoms with Crippen LogP contribution in [0.2, 0.25) is 0 Å². The molecule has 56 heavy (non-hydrogen) atoms. The van der Waals surface area contributed by atoms with E-state index in [1.54, 1.807) is 0 Å². The molecule has 264 valence electrons. The largest absolute Gasteiger partial charge is 0.311 e. The van der Waals surface area contributed by atoms with Gasteiger partial charge in [-0.2, -0.15) is 5.10 Å². The molecule has 0 aliphatic carbocycles. The summed E-state index contributed by atoms with van der Waals surface area (Å²) in [5.74, 6) is 0. The highest BCUT2D eigenvalue weighted by Gasteiger charge is 2.17. The molecule has 0 N–H and O–H groups in total. The molecule has 0 amide bonds. The maximum atomic E-state index is 5.16. The lowest BCUT2D eigenvalue weighted by Crippen LogP contribution is -2.09. The lowest BCUT2D eigenvalue weighted by atomic mass is 9.96. The smallest absolute Gasteiger partial charge is 0.0934 e. The summed E-state index contributed by atoms with van der Waals surface area (Å²) in [6, 6.07) is 80.0. The molecule has 3 nitrogen and oxygen atoms in total. The average molecular weight is 716 g/mol. The third kappa shape index (κ3) is 6.21. The van der Waals surface area contributed by atoms with E-state index in [1.165, 1.54) is 38.6 Å². The molecule has 2 aromatic heterocycles. The molecule has 0 saturated carbocycles. The summed E-state index contributed by atoms with van der Waals surface area (Å²) in [7, 11) is 0. The van der Waals surface area contributed by atoms with Gasteiger partial charge < -0.3 is 4.90 Å². The molecule has 0 radical (unpaired) electrons. The van der Waals surface area contributed by atoms with E-state index in [9.17, 15) is 0 Å². The lowest BCUT2D eigenvalue weighted by Gasteiger charge is -2.26. The summed E-state index contributed by atoms with van der Waals surface area (Å²) in [4.78, 5) is 2.34. The van der Waals surface area contributed by atoms with Gasteiger partial charge in [-0.05, 0) is 87.3 Å². The average Bonchev–Trinajstić information content (AvgIpc) is 3.74. The minimum absolute atomic E-state index is 0.957. The number of fused-ring (bicyclic) bond motifs is 3. The molecule has 0 bridgehead atoms. The van der Waals surface area contributed by atoms with Crippen molar-refractivity contribution in [2.45, 2.75) is 0 Å². The number of nitrogens with zero attached hydrogens (tertiary/aromatic N) is 3. The maximum absolute atomic E-state index is 5.16. The van der Waals surface area contributed by atoms with Gasteiger partial charge in [-0.1, -0.05) is 176 Å². The fourth-order valence-electron chi connectivity index (χ4n) is 7.82. The van der Waals surface area contributed by atoms with E-state index in [2.05, 4.69) is 228 Å². The normalized spacial score (nSPS) is 11.2. The van der Waals surface area contributed by atoms with Gasteiger partial charge in [0.05, 0.1) is 16.9 Å². The van der Waals surface area contributed by atoms with Crippen molar-refractivity contribution < 1.29 is 0 Å². The van der Waals surface area contributed by atoms with Crippen LogP contribution in [0.3, 0.4) is 0 Å². The van der Waals surface area contributed by atoms with Crippen molar-refractivity contribution >= 4 is 33.4 Å². The zero-order valence-corrected chi connectivity index (χ0v) is 30.7. The summed E-state index contributed by atoms with van der Waals surface area (Å²) in [6.45, 7) is 0. The lowest BCUT2D eigenvalue weighted by molar-refractivity contribution is 0.979. The summed E-state index contributed by atoms with van der Waals surface area (Å²) in [5, 5.41) is 7.51. The van der Waals surface area contributed by atoms with Crippen LogP contribution in [0.1, 0.15) is 0 Å². The van der Waals surface area contributed by atoms with Crippen molar-refractivity contribution in [1.29, 1.82) is 0 Å². The number of benzene rings is 8. The first-order valence-electron chi connectivity index (χ1n) is 19.0. The van der Waals surface area contributed by atoms with Crippen LogP contribution in [-0.4, -0.2) is 9.61 Å². The van der Waals surface area contributed by atoms with Gasteiger partial charge in [-0.15, -0.1) is 0 Å². The number of hydrogen-bond donors (Lipinski definition) is 0. The molecular formula is C53H37N3. The van der Waals surface area contributed by atoms with E-state index < -0.39 is 0 Å². The first kappa shape index (κ1) is 33.1. The van der Waals surface area contributed by atoms with E-state index >= 15 is 0 Å². The Bertz CT molecular complexity index is 2820. The fourth-order valence-corrected chi connectivity index (χ4v) is 7.82. The highest BCUT2D eigenvalue weighted by atomic mass is 15.2. The predicted octanol–water partition coefficient (Wildman–Crippen LogP) is 14.3. The van der Waals surface area contributed by atoms with Crippen LogP contribution in [0.15, 0.2) is 224 Å². The first-order chi connectivity index (χ1) is 27.8. The SMILES string of the molecule is c1ccc(-c2ccc(N(c3ccc(-c4ccccc4)cc3)c3ccc(-c4cccc5c4cc(-c4ccccc4)n4nc(-c6ccccc6)cc54)cc3)cc2)cc1. The second-order valence-corrected chi connectivity index (χ2v) is 14.1. The molecule has 0 aliphatic heterocycles. The number of hydrogen-bond acceptors (Lipinski definition) is 2. The fraction of sp³-hybridized carbons (Fsp3) is 0. The van der Waals surface area contributed by atoms with Gasteiger partial charge >= 0.3 is 0 Å². The monoisotopic (exact) mass is 715 g/mol. The van der Waals surface area contributed by atoms with E-state index in [1.807, 2.05) is 6.07 Å². The van der Waals surface area contributed by atoms with E-state index in [4.69, 9.17) is 5.10 Å². The third-order valence-corrected chi connectivity index (χ3v) is 10.6. The van der Waals surface area contributed by atoms with Gasteiger partial charge in [0.1, 0.15) is 0 Å². The Morgan fingerprint density at radius 2 is 0.750 bits per heavy atom. The number of rotatable bonds is 8. The zero-order chi connectivity index (χ0) is 37.3. The van der Waals surface area contributed by atoms with Crippen molar-refractivity contribution in [2.75, 3.05) is 4.90 Å². The van der Waals surface area contributed by atoms with Crippen LogP contribution >= 0.6 is 0 Å². The van der Waals surface area contributed by atoms with Gasteiger partial charge in [0.15, 0.2) is 0 Å². The van der Waals surface area contributed by atoms with E-state index in [0.717, 1.165) is 50.7 Å². The Hall–Kier alpha value is -7.49. The second kappa shape index (κ2) is 14.4. The molecule has 10 rings (SSSR count). The molecule has 2 heterocycles. The molecule has 0 aliphatic rings. The minimum atomic E-state index is 0.957. The Morgan fingerprint density at radius 1 is 0.321 bits per heavy atom. The predicted molar refractivity (Wildman–Crippen MR) is 235 cm³/mol. The summed E-state index contributed by atoms with van der Waals surface area (Å²) in [5.41, 5.74) is 15.7. The van der Waals surface area contributed by atoms with Crippen molar-refractivity contribution in [3.05, 3.63) is 224 Å². The van der Waals surface area contributed by atoms with Crippen LogP contribution in [0.4, 0.5) is 17.1 Å². The van der Waals surface area contributed by atoms with Crippen molar-refractivity contribution in [3.63, 3.8) is 0 Å². The van der Waals surface area contributed by atoms with Crippen LogP contribution in [0, 0.1) is 0 Å². The first-order valence-corrected chi connectivity index (χ1v) is 19.0. The highest BCUT2D eigenvalue weighted by molar-refractivity contribution is 6.07. The molecule has 0 atom stereocenters. The summed E-state index contributed by atoms with van der Waals surface area (Å²) in [6.07, 6.45) is 0. The Balaban J connectivity index is 1.08. The van der Waals surface area contributed by atoms with Crippen LogP contribution < -0.4 is 4.90 Å². The van der Waals surface area contributed by atoms with Crippen LogP contribution in [0.25, 0.3) is 72.2 Å². The Labute approximate surface area is 327 Å². The van der Waals surface area contributed by atoms with Crippen molar-refractivity contribution in [1.82, 2.24) is 9.61 Å². The third-order valence-electron chi connectivity index (χ3n) is 10.6. The summed E-state index contributed by atoms with van der Waals surface area (Å²) < 4.78 is 2.11. The quantitative estimate of drug-likeness (QED) is 0.156. The topological polar surface area (TPSA) is 20.5 Å². The number of aromatic nitrogens is 2. The number of pyridine rings is 1. The Kier molecular flexibility index (Phi) is 8.51. The maximum Gasteiger partial charge on any atom is 0.0934 e. The molecule has 0 fully saturated rings.